The molecule has 0 saturated carbocycles. The van der Waals surface area contributed by atoms with Gasteiger partial charge in [0.25, 0.3) is 0 Å². The van der Waals surface area contributed by atoms with Crippen LogP contribution in [-0.4, -0.2) is 42.7 Å². The van der Waals surface area contributed by atoms with Crippen molar-refractivity contribution in [2.75, 3.05) is 26.2 Å². The van der Waals surface area contributed by atoms with Crippen LogP contribution in [0.2, 0.25) is 0 Å². The second-order valence-corrected chi connectivity index (χ2v) is 6.67. The van der Waals surface area contributed by atoms with E-state index in [1.807, 2.05) is 42.5 Å². The molecule has 0 amide bonds. The Balaban J connectivity index is 0.00000364. The Bertz CT molecular complexity index is 682. The van der Waals surface area contributed by atoms with Crippen LogP contribution in [-0.2, 0) is 9.53 Å². The van der Waals surface area contributed by atoms with Gasteiger partial charge in [-0.1, -0.05) is 56.3 Å². The molecule has 148 valence electrons. The number of carbonyl (C=O) groups is 1. The molecule has 4 nitrogen and oxygen atoms in total. The summed E-state index contributed by atoms with van der Waals surface area (Å²) in [4.78, 5) is 14.6. The van der Waals surface area contributed by atoms with Gasteiger partial charge in [0.15, 0.2) is 5.60 Å². The van der Waals surface area contributed by atoms with Gasteiger partial charge in [0, 0.05) is 6.54 Å². The third kappa shape index (κ3) is 6.89. The number of nitrogens with zero attached hydrogens (tertiary/aromatic N) is 1. The zero-order valence-corrected chi connectivity index (χ0v) is 17.4. The topological polar surface area (TPSA) is 38.8 Å². The molecular weight excluding hydrogens is 362 g/mol. The molecule has 2 aromatic rings. The van der Waals surface area contributed by atoms with Crippen LogP contribution in [0.5, 0.6) is 5.75 Å². The summed E-state index contributed by atoms with van der Waals surface area (Å²) in [7, 11) is 0. The molecule has 0 aliphatic heterocycles. The summed E-state index contributed by atoms with van der Waals surface area (Å²) in [5.41, 5.74) is 1.23. The van der Waals surface area contributed by atoms with Gasteiger partial charge in [-0.2, -0.15) is 0 Å². The first kappa shape index (κ1) is 23.0. The van der Waals surface area contributed by atoms with E-state index in [1.165, 1.54) is 0 Å². The lowest BCUT2D eigenvalue weighted by atomic mass is 10.1. The van der Waals surface area contributed by atoms with Crippen LogP contribution in [0.3, 0.4) is 0 Å². The fourth-order valence-electron chi connectivity index (χ4n) is 2.66. The van der Waals surface area contributed by atoms with Crippen LogP contribution < -0.4 is 4.74 Å². The maximum atomic E-state index is 12.3. The van der Waals surface area contributed by atoms with Crippen molar-refractivity contribution >= 4 is 18.4 Å². The van der Waals surface area contributed by atoms with E-state index >= 15 is 0 Å². The van der Waals surface area contributed by atoms with Crippen molar-refractivity contribution in [3.8, 4) is 16.9 Å². The average Bonchev–Trinajstić information content (AvgIpc) is 2.66. The number of rotatable bonds is 9. The van der Waals surface area contributed by atoms with Crippen LogP contribution in [0.4, 0.5) is 0 Å². The van der Waals surface area contributed by atoms with E-state index in [-0.39, 0.29) is 18.4 Å². The fraction of sp³-hybridized carbons (Fsp3) is 0.409. The summed E-state index contributed by atoms with van der Waals surface area (Å²) >= 11 is 0. The van der Waals surface area contributed by atoms with E-state index in [0.29, 0.717) is 12.4 Å². The number of esters is 1. The smallest absolute Gasteiger partial charge is 0.349 e. The molecule has 0 atom stereocenters. The molecule has 0 heterocycles. The van der Waals surface area contributed by atoms with E-state index in [9.17, 15) is 4.79 Å². The molecule has 0 aliphatic rings. The standard InChI is InChI=1S/C22H29NO3.ClH/c1-5-23(6-2)16-17-25-21(24)22(3,4)26-20-14-12-19(13-15-20)18-10-8-7-9-11-18;/h7-15H,5-6,16-17H2,1-4H3;1H. The predicted octanol–water partition coefficient (Wildman–Crippen LogP) is 4.82. The number of ether oxygens (including phenoxy) is 2. The van der Waals surface area contributed by atoms with E-state index in [1.54, 1.807) is 13.8 Å². The molecule has 2 aromatic carbocycles. The van der Waals surface area contributed by atoms with E-state index in [0.717, 1.165) is 30.8 Å². The Kier molecular flexibility index (Phi) is 9.33. The lowest BCUT2D eigenvalue weighted by molar-refractivity contribution is -0.159. The SMILES string of the molecule is CCN(CC)CCOC(=O)C(C)(C)Oc1ccc(-c2ccccc2)cc1.Cl. The Morgan fingerprint density at radius 1 is 0.926 bits per heavy atom. The van der Waals surface area contributed by atoms with Gasteiger partial charge in [0.1, 0.15) is 12.4 Å². The summed E-state index contributed by atoms with van der Waals surface area (Å²) in [5.74, 6) is 0.298. The zero-order chi connectivity index (χ0) is 19.0. The second kappa shape index (κ2) is 11.0. The number of hydrogen-bond acceptors (Lipinski definition) is 4. The quantitative estimate of drug-likeness (QED) is 0.574. The number of hydrogen-bond donors (Lipinski definition) is 0. The van der Waals surface area contributed by atoms with Gasteiger partial charge in [-0.3, -0.25) is 0 Å². The lowest BCUT2D eigenvalue weighted by Crippen LogP contribution is -2.41. The predicted molar refractivity (Wildman–Crippen MR) is 113 cm³/mol. The van der Waals surface area contributed by atoms with Crippen molar-refractivity contribution in [3.63, 3.8) is 0 Å². The minimum atomic E-state index is -1.03. The number of carbonyl (C=O) groups excluding carboxylic acids is 1. The van der Waals surface area contributed by atoms with Gasteiger partial charge in [-0.05, 0) is 50.2 Å². The van der Waals surface area contributed by atoms with Crippen molar-refractivity contribution in [1.82, 2.24) is 4.90 Å². The Hall–Kier alpha value is -2.04. The van der Waals surface area contributed by atoms with Crippen LogP contribution in [0.1, 0.15) is 27.7 Å². The van der Waals surface area contributed by atoms with Crippen molar-refractivity contribution in [3.05, 3.63) is 54.6 Å². The highest BCUT2D eigenvalue weighted by Gasteiger charge is 2.31. The summed E-state index contributed by atoms with van der Waals surface area (Å²) in [6.45, 7) is 10.7. The third-order valence-electron chi connectivity index (χ3n) is 4.36. The minimum Gasteiger partial charge on any atom is -0.476 e. The highest BCUT2D eigenvalue weighted by Crippen LogP contribution is 2.25. The molecule has 0 fully saturated rings. The number of benzene rings is 2. The van der Waals surface area contributed by atoms with Crippen LogP contribution in [0, 0.1) is 0 Å². The van der Waals surface area contributed by atoms with Crippen LogP contribution >= 0.6 is 12.4 Å². The molecule has 0 aliphatic carbocycles. The Labute approximate surface area is 168 Å². The molecule has 5 heteroatoms. The van der Waals surface area contributed by atoms with Gasteiger partial charge in [-0.25, -0.2) is 4.79 Å². The molecule has 0 radical (unpaired) electrons. The van der Waals surface area contributed by atoms with E-state index in [4.69, 9.17) is 9.47 Å². The number of halogens is 1. The van der Waals surface area contributed by atoms with Crippen molar-refractivity contribution in [2.24, 2.45) is 0 Å². The van der Waals surface area contributed by atoms with E-state index < -0.39 is 5.60 Å². The van der Waals surface area contributed by atoms with Crippen LogP contribution in [0.25, 0.3) is 11.1 Å². The number of likely N-dealkylation sites (N-methyl/N-ethyl adjacent to an activating group) is 1. The van der Waals surface area contributed by atoms with Gasteiger partial charge < -0.3 is 14.4 Å². The molecule has 0 saturated heterocycles. The molecule has 0 N–H and O–H groups in total. The van der Waals surface area contributed by atoms with Gasteiger partial charge in [-0.15, -0.1) is 12.4 Å². The largest absolute Gasteiger partial charge is 0.476 e. The van der Waals surface area contributed by atoms with Gasteiger partial charge in [0.05, 0.1) is 0 Å². The van der Waals surface area contributed by atoms with Gasteiger partial charge in [0.2, 0.25) is 0 Å². The van der Waals surface area contributed by atoms with Crippen molar-refractivity contribution in [2.45, 2.75) is 33.3 Å². The first-order valence-corrected chi connectivity index (χ1v) is 9.20. The molecular formula is C22H30ClNO3. The molecule has 0 aromatic heterocycles. The minimum absolute atomic E-state index is 0. The van der Waals surface area contributed by atoms with Crippen molar-refractivity contribution in [1.29, 1.82) is 0 Å². The Morgan fingerprint density at radius 3 is 2.04 bits per heavy atom. The molecule has 2 rings (SSSR count). The zero-order valence-electron chi connectivity index (χ0n) is 16.6. The maximum Gasteiger partial charge on any atom is 0.349 e. The molecule has 0 spiro atoms. The molecule has 0 bridgehead atoms. The normalized spacial score (nSPS) is 11.0. The third-order valence-corrected chi connectivity index (χ3v) is 4.36. The molecule has 27 heavy (non-hydrogen) atoms. The van der Waals surface area contributed by atoms with E-state index in [2.05, 4.69) is 30.9 Å². The first-order chi connectivity index (χ1) is 12.5. The first-order valence-electron chi connectivity index (χ1n) is 9.20. The van der Waals surface area contributed by atoms with Crippen LogP contribution in [0.15, 0.2) is 54.6 Å². The van der Waals surface area contributed by atoms with Crippen molar-refractivity contribution < 1.29 is 14.3 Å². The molecule has 0 unspecified atom stereocenters. The Morgan fingerprint density at radius 2 is 1.48 bits per heavy atom. The second-order valence-electron chi connectivity index (χ2n) is 6.67. The average molecular weight is 392 g/mol. The highest BCUT2D eigenvalue weighted by atomic mass is 35.5. The maximum absolute atomic E-state index is 12.3. The summed E-state index contributed by atoms with van der Waals surface area (Å²) in [6.07, 6.45) is 0. The monoisotopic (exact) mass is 391 g/mol. The fourth-order valence-corrected chi connectivity index (χ4v) is 2.66. The summed E-state index contributed by atoms with van der Waals surface area (Å²) < 4.78 is 11.3. The highest BCUT2D eigenvalue weighted by molar-refractivity contribution is 5.85. The summed E-state index contributed by atoms with van der Waals surface area (Å²) in [6, 6.07) is 17.9. The summed E-state index contributed by atoms with van der Waals surface area (Å²) in [5, 5.41) is 0. The van der Waals surface area contributed by atoms with Gasteiger partial charge >= 0.3 is 5.97 Å². The lowest BCUT2D eigenvalue weighted by Gasteiger charge is -2.25.